The van der Waals surface area contributed by atoms with Gasteiger partial charge in [0.15, 0.2) is 20.6 Å². The predicted molar refractivity (Wildman–Crippen MR) is 285 cm³/mol. The monoisotopic (exact) mass is 1420 g/mol. The Morgan fingerprint density at radius 1 is 0.565 bits per heavy atom. The lowest BCUT2D eigenvalue weighted by atomic mass is 9.63. The van der Waals surface area contributed by atoms with Crippen LogP contribution in [0.1, 0.15) is 125 Å². The van der Waals surface area contributed by atoms with Crippen LogP contribution in [0, 0.1) is 33.2 Å². The first-order chi connectivity index (χ1) is 39.4. The Labute approximate surface area is 521 Å². The molecule has 0 heterocycles. The predicted octanol–water partition coefficient (Wildman–Crippen LogP) is 12.9. The molecule has 2 amide bonds. The number of hydrogen-bond acceptors (Lipinski definition) is 20. The number of isocyanates is 1. The van der Waals surface area contributed by atoms with Gasteiger partial charge in [-0.1, -0.05) is 86.1 Å². The fourth-order valence-electron chi connectivity index (χ4n) is 7.82. The maximum atomic E-state index is 12.0. The number of rotatable bonds is 30. The van der Waals surface area contributed by atoms with Gasteiger partial charge in [-0.25, -0.2) is 55.2 Å². The molecule has 2 aliphatic carbocycles. The van der Waals surface area contributed by atoms with E-state index in [4.69, 9.17) is 30.4 Å². The molecule has 6 N–H and O–H groups in total. The van der Waals surface area contributed by atoms with Gasteiger partial charge in [0.2, 0.25) is 12.9 Å². The maximum Gasteiger partial charge on any atom is 0.492 e. The molecule has 0 aromatic rings. The number of aliphatic imine (C=N–C) groups is 1. The van der Waals surface area contributed by atoms with Gasteiger partial charge < -0.3 is 54.7 Å². The van der Waals surface area contributed by atoms with Crippen molar-refractivity contribution in [1.29, 1.82) is 5.26 Å². The third-order valence-corrected chi connectivity index (χ3v) is 10.2. The fourth-order valence-corrected chi connectivity index (χ4v) is 7.82. The Morgan fingerprint density at radius 3 is 1.28 bits per heavy atom. The fraction of sp³-hybridized carbons (Fsp3) is 0.920. The maximum absolute atomic E-state index is 12.0. The van der Waals surface area contributed by atoms with Crippen molar-refractivity contribution in [2.45, 2.75) is 186 Å². The van der Waals surface area contributed by atoms with E-state index in [9.17, 15) is 102 Å². The minimum absolute atomic E-state index is 0. The summed E-state index contributed by atoms with van der Waals surface area (Å²) in [6, 6.07) is -0.0785. The van der Waals surface area contributed by atoms with Crippen LogP contribution in [0.2, 0.25) is 0 Å². The zero-order valence-electron chi connectivity index (χ0n) is 46.4. The number of halogens is 20. The highest BCUT2D eigenvalue weighted by Crippen LogP contribution is 2.48. The van der Waals surface area contributed by atoms with Crippen molar-refractivity contribution in [1.82, 2.24) is 10.6 Å². The Balaban J connectivity index is -0.000000111. The molecule has 0 aromatic heterocycles. The van der Waals surface area contributed by atoms with Gasteiger partial charge in [-0.05, 0) is 69.2 Å². The van der Waals surface area contributed by atoms with Crippen LogP contribution in [-0.4, -0.2) is 194 Å². The van der Waals surface area contributed by atoms with E-state index in [0.717, 1.165) is 25.7 Å². The summed E-state index contributed by atoms with van der Waals surface area (Å²) in [6.45, 7) is 4.35. The van der Waals surface area contributed by atoms with Crippen LogP contribution < -0.4 is 10.6 Å². The zero-order valence-corrected chi connectivity index (χ0v) is 46.4. The largest absolute Gasteiger partial charge is 0.492 e. The smallest absolute Gasteiger partial charge is 0.447 e. The number of carbonyl (C=O) groups excluding carboxylic acids is 3. The van der Waals surface area contributed by atoms with Crippen molar-refractivity contribution in [3.63, 3.8) is 0 Å². The van der Waals surface area contributed by atoms with Crippen LogP contribution in [0.3, 0.4) is 0 Å². The number of carbonyl (C=O) groups is 2. The molecule has 2 aliphatic rings. The van der Waals surface area contributed by atoms with Gasteiger partial charge in [0.1, 0.15) is 38.3 Å². The molecule has 0 saturated heterocycles. The van der Waals surface area contributed by atoms with Crippen LogP contribution in [0.25, 0.3) is 0 Å². The molecular formula is C50H92F20N4O18. The first kappa shape index (κ1) is 109. The average Bonchev–Trinajstić information content (AvgIpc) is 1.04. The molecule has 0 bridgehead atoms. The second kappa shape index (κ2) is 52.6. The second-order valence-corrected chi connectivity index (χ2v) is 19.7. The normalized spacial score (nSPS) is 19.4. The highest BCUT2D eigenvalue weighted by Gasteiger charge is 2.67. The summed E-state index contributed by atoms with van der Waals surface area (Å²) in [7, 11) is 0. The molecule has 2 rings (SSSR count). The Hall–Kier alpha value is -4.67. The van der Waals surface area contributed by atoms with Gasteiger partial charge in [0.25, 0.3) is 6.26 Å². The van der Waals surface area contributed by atoms with Crippen molar-refractivity contribution in [2.24, 2.45) is 26.7 Å². The zero-order chi connectivity index (χ0) is 67.9. The number of alkyl halides is 18. The molecule has 0 aromatic carbocycles. The van der Waals surface area contributed by atoms with E-state index in [2.05, 4.69) is 88.1 Å². The van der Waals surface area contributed by atoms with E-state index in [0.29, 0.717) is 25.9 Å². The van der Waals surface area contributed by atoms with E-state index < -0.39 is 102 Å². The number of hydrogen-bond donors (Lipinski definition) is 6. The van der Waals surface area contributed by atoms with Crippen molar-refractivity contribution >= 4 is 18.3 Å². The van der Waals surface area contributed by atoms with Crippen LogP contribution in [0.4, 0.5) is 97.7 Å². The number of aliphatic hydroxyl groups excluding tert-OH is 4. The lowest BCUT2D eigenvalue weighted by molar-refractivity contribution is -0.548. The number of alkyl carbamates (subject to hydrolysis) is 2. The van der Waals surface area contributed by atoms with Gasteiger partial charge in [-0.15, -0.1) is 27.4 Å². The van der Waals surface area contributed by atoms with E-state index >= 15 is 0 Å². The number of aliphatic hydroxyl groups is 4. The Kier molecular flexibility index (Phi) is 62.2. The summed E-state index contributed by atoms with van der Waals surface area (Å²) in [5.41, 5.74) is -0.289. The van der Waals surface area contributed by atoms with Crippen LogP contribution in [0.15, 0.2) is 4.99 Å². The Morgan fingerprint density at radius 2 is 0.946 bits per heavy atom. The van der Waals surface area contributed by atoms with E-state index in [-0.39, 0.29) is 118 Å². The molecule has 0 aliphatic heterocycles. The highest BCUT2D eigenvalue weighted by atomic mass is 19.4. The summed E-state index contributed by atoms with van der Waals surface area (Å²) < 4.78 is 265. The summed E-state index contributed by atoms with van der Waals surface area (Å²) in [5, 5.41) is 47.2. The quantitative estimate of drug-likeness (QED) is 0.00972. The van der Waals surface area contributed by atoms with Crippen molar-refractivity contribution in [2.75, 3.05) is 93.5 Å². The molecule has 22 nitrogen and oxygen atoms in total. The standard InChI is InChI=1S/C14H23FN2O3.C13H21FN2O3.C5H11FO3.2C4H2F8O3.C4H9FO3.6CH4/c1-13(2)6-11(20-10-16)7-14(3,8-13)9-17-12(18)19-5-4-15;1-12(2)4-10(16-9-17)5-13(3,6-12)7-15-11(18)19-8-14;6-1-2-9-4-5(8)3-7;2*5-1-13-4(10,11)14-2(6,7)3(8,9)15-12;5-3-8-2-4(7)1-6;;;;;;/h11H,4-9H2,1-3H3,(H,17,18);10H,4-8H2,1-3H3,(H,15,18);5,7-8H,1-4H2;2*1H2;4,6-7H,1-3H2;6*1H4. The second-order valence-electron chi connectivity index (χ2n) is 19.7. The van der Waals surface area contributed by atoms with Crippen LogP contribution >= 0.6 is 0 Å². The highest BCUT2D eigenvalue weighted by molar-refractivity contribution is 5.67. The molecule has 0 radical (unpaired) electrons. The molecule has 92 heavy (non-hydrogen) atoms. The number of amides is 2. The lowest BCUT2D eigenvalue weighted by Gasteiger charge is -2.45. The lowest BCUT2D eigenvalue weighted by Crippen LogP contribution is -2.48. The van der Waals surface area contributed by atoms with Gasteiger partial charge in [0, 0.05) is 13.1 Å². The minimum atomic E-state index is -6.04. The van der Waals surface area contributed by atoms with Crippen molar-refractivity contribution in [3.8, 4) is 6.26 Å². The topological polar surface area (TPSA) is 294 Å². The summed E-state index contributed by atoms with van der Waals surface area (Å²) in [5.74, 6) is 0. The Bertz CT molecular complexity index is 1890. The van der Waals surface area contributed by atoms with Crippen LogP contribution in [-0.2, 0) is 57.3 Å². The first-order valence-corrected chi connectivity index (χ1v) is 23.9. The van der Waals surface area contributed by atoms with Crippen molar-refractivity contribution < 1.29 is 175 Å². The molecule has 0 spiro atoms. The third-order valence-electron chi connectivity index (χ3n) is 10.2. The number of ether oxygens (including phenoxy) is 9. The molecule has 6 unspecified atom stereocenters. The van der Waals surface area contributed by atoms with Crippen LogP contribution in [0.5, 0.6) is 0 Å². The summed E-state index contributed by atoms with van der Waals surface area (Å²) >= 11 is 0. The average molecular weight is 1420 g/mol. The first-order valence-electron chi connectivity index (χ1n) is 23.9. The van der Waals surface area contributed by atoms with E-state index in [1.54, 1.807) is 12.3 Å². The molecule has 2 saturated carbocycles. The minimum Gasteiger partial charge on any atom is -0.447 e. The number of nitrogens with zero attached hydrogens (tertiary/aromatic N) is 2. The van der Waals surface area contributed by atoms with Gasteiger partial charge >= 0.3 is 49.2 Å². The van der Waals surface area contributed by atoms with Gasteiger partial charge in [0.05, 0.1) is 39.1 Å². The van der Waals surface area contributed by atoms with Gasteiger partial charge in [-0.2, -0.15) is 40.4 Å². The van der Waals surface area contributed by atoms with E-state index in [1.807, 2.05) is 6.92 Å². The molecule has 2 fully saturated rings. The summed E-state index contributed by atoms with van der Waals surface area (Å²) in [4.78, 5) is 39.6. The summed E-state index contributed by atoms with van der Waals surface area (Å²) in [6.07, 6.45) is -29.8. The molecular weight excluding hydrogens is 1320 g/mol. The molecule has 42 heteroatoms. The van der Waals surface area contributed by atoms with E-state index in [1.165, 1.54) is 9.88 Å². The third kappa shape index (κ3) is 50.8. The number of nitriles is 1. The number of nitrogens with one attached hydrogen (secondary N) is 2. The molecule has 560 valence electrons. The molecule has 6 atom stereocenters. The SMILES string of the molecule is C.C.C.C.C.C.CC1(C)CC(N=C=O)CC(C)(CNC(=O)OCF)C1.CC1(C)CC(OC#N)CC(C)(CNC(=O)OCCF)C1.FCOC(F)(F)OC(F)(F)C(F)(F)OF.FCOC(F)(F)OC(F)(F)C(F)(F)OF.OCC(O)COCCF.OCC(O)COCF. The van der Waals surface area contributed by atoms with Crippen molar-refractivity contribution in [3.05, 3.63) is 0 Å². The van der Waals surface area contributed by atoms with Gasteiger partial charge in [-0.3, -0.25) is 9.47 Å².